The zero-order valence-electron chi connectivity index (χ0n) is 14.9. The summed E-state index contributed by atoms with van der Waals surface area (Å²) >= 11 is 1.73. The van der Waals surface area contributed by atoms with E-state index in [0.29, 0.717) is 5.75 Å². The first-order valence-electron chi connectivity index (χ1n) is 8.45. The zero-order valence-corrected chi connectivity index (χ0v) is 15.7. The zero-order chi connectivity index (χ0) is 18.4. The van der Waals surface area contributed by atoms with Crippen LogP contribution >= 0.6 is 11.8 Å². The number of thioether (sulfide) groups is 1. The van der Waals surface area contributed by atoms with Gasteiger partial charge in [0.2, 0.25) is 0 Å². The van der Waals surface area contributed by atoms with Gasteiger partial charge in [-0.15, -0.1) is 10.2 Å². The Kier molecular flexibility index (Phi) is 6.12. The first-order chi connectivity index (χ1) is 12.7. The number of ether oxygens (including phenoxy) is 1. The number of pyridine rings is 1. The van der Waals surface area contributed by atoms with Crippen molar-refractivity contribution in [3.63, 3.8) is 0 Å². The summed E-state index contributed by atoms with van der Waals surface area (Å²) in [6, 6.07) is 13.2. The van der Waals surface area contributed by atoms with Crippen LogP contribution in [0.15, 0.2) is 48.7 Å². The summed E-state index contributed by atoms with van der Waals surface area (Å²) in [6.45, 7) is 1.96. The number of aryl methyl sites for hydroxylation is 1. The van der Waals surface area contributed by atoms with E-state index in [1.54, 1.807) is 11.8 Å². The molecule has 7 heteroatoms. The molecule has 2 aromatic heterocycles. The Bertz CT molecular complexity index is 881. The van der Waals surface area contributed by atoms with E-state index in [4.69, 9.17) is 4.74 Å². The molecular weight excluding hydrogens is 348 g/mol. The Hall–Kier alpha value is -2.54. The van der Waals surface area contributed by atoms with Gasteiger partial charge in [0, 0.05) is 6.20 Å². The Morgan fingerprint density at radius 2 is 2.15 bits per heavy atom. The van der Waals surface area contributed by atoms with Gasteiger partial charge >= 0.3 is 0 Å². The molecule has 0 radical (unpaired) electrons. The number of nitrogens with zero attached hydrogens (tertiary/aromatic N) is 3. The lowest BCUT2D eigenvalue weighted by molar-refractivity contribution is -0.123. The summed E-state index contributed by atoms with van der Waals surface area (Å²) in [6.07, 6.45) is 4.72. The molecule has 0 aliphatic heterocycles. The minimum absolute atomic E-state index is 0.0318. The molecule has 0 saturated carbocycles. The molecule has 0 bridgehead atoms. The molecule has 3 rings (SSSR count). The third-order valence-electron chi connectivity index (χ3n) is 3.96. The summed E-state index contributed by atoms with van der Waals surface area (Å²) in [5.74, 6) is 2.16. The largest absolute Gasteiger partial charge is 0.484 e. The Balaban J connectivity index is 1.69. The molecule has 6 nitrogen and oxygen atoms in total. The van der Waals surface area contributed by atoms with Crippen molar-refractivity contribution < 1.29 is 9.53 Å². The maximum atomic E-state index is 12.4. The molecule has 1 atom stereocenters. The van der Waals surface area contributed by atoms with Gasteiger partial charge in [-0.3, -0.25) is 9.20 Å². The predicted octanol–water partition coefficient (Wildman–Crippen LogP) is 3.03. The molecule has 0 spiro atoms. The minimum atomic E-state index is -0.214. The van der Waals surface area contributed by atoms with Crippen LogP contribution in [0.4, 0.5) is 0 Å². The lowest BCUT2D eigenvalue weighted by Gasteiger charge is -2.17. The Labute approximate surface area is 157 Å². The van der Waals surface area contributed by atoms with E-state index in [-0.39, 0.29) is 18.6 Å². The molecule has 0 fully saturated rings. The average molecular weight is 370 g/mol. The summed E-state index contributed by atoms with van der Waals surface area (Å²) in [5.41, 5.74) is 1.86. The first-order valence-corrected chi connectivity index (χ1v) is 9.84. The van der Waals surface area contributed by atoms with Gasteiger partial charge in [-0.25, -0.2) is 0 Å². The standard InChI is InChI=1S/C19H22N4O2S/c1-14-6-5-7-15(12-14)25-13-18(24)20-16(9-11-26-2)19-22-21-17-8-3-4-10-23(17)19/h3-8,10,12,16H,9,11,13H2,1-2H3,(H,20,24). The monoisotopic (exact) mass is 370 g/mol. The topological polar surface area (TPSA) is 68.5 Å². The molecule has 0 saturated heterocycles. The maximum absolute atomic E-state index is 12.4. The number of amides is 1. The number of hydrogen-bond donors (Lipinski definition) is 1. The molecule has 0 aliphatic carbocycles. The normalized spacial score (nSPS) is 12.1. The van der Waals surface area contributed by atoms with Gasteiger partial charge in [-0.2, -0.15) is 11.8 Å². The lowest BCUT2D eigenvalue weighted by Crippen LogP contribution is -2.34. The van der Waals surface area contributed by atoms with Crippen molar-refractivity contribution in [1.82, 2.24) is 19.9 Å². The van der Waals surface area contributed by atoms with Crippen molar-refractivity contribution in [2.24, 2.45) is 0 Å². The third-order valence-corrected chi connectivity index (χ3v) is 4.60. The minimum Gasteiger partial charge on any atom is -0.484 e. The van der Waals surface area contributed by atoms with Crippen molar-refractivity contribution >= 4 is 23.3 Å². The number of nitrogens with one attached hydrogen (secondary N) is 1. The smallest absolute Gasteiger partial charge is 0.258 e. The predicted molar refractivity (Wildman–Crippen MR) is 104 cm³/mol. The third kappa shape index (κ3) is 4.54. The second kappa shape index (κ2) is 8.71. The molecule has 136 valence electrons. The molecular formula is C19H22N4O2S. The lowest BCUT2D eigenvalue weighted by atomic mass is 10.2. The number of hydrogen-bond acceptors (Lipinski definition) is 5. The van der Waals surface area contributed by atoms with E-state index >= 15 is 0 Å². The summed E-state index contributed by atoms with van der Waals surface area (Å²) in [7, 11) is 0. The second-order valence-corrected chi connectivity index (χ2v) is 6.98. The van der Waals surface area contributed by atoms with Gasteiger partial charge in [0.05, 0.1) is 6.04 Å². The summed E-state index contributed by atoms with van der Waals surface area (Å²) < 4.78 is 7.51. The highest BCUT2D eigenvalue weighted by Gasteiger charge is 2.20. The van der Waals surface area contributed by atoms with Crippen molar-refractivity contribution in [1.29, 1.82) is 0 Å². The van der Waals surface area contributed by atoms with Gasteiger partial charge in [-0.05, 0) is 55.2 Å². The van der Waals surface area contributed by atoms with E-state index in [2.05, 4.69) is 15.5 Å². The molecule has 1 aromatic carbocycles. The highest BCUT2D eigenvalue weighted by molar-refractivity contribution is 7.98. The molecule has 1 amide bonds. The van der Waals surface area contributed by atoms with Crippen LogP contribution in [0.3, 0.4) is 0 Å². The van der Waals surface area contributed by atoms with Crippen LogP contribution in [0.25, 0.3) is 5.65 Å². The van der Waals surface area contributed by atoms with E-state index in [9.17, 15) is 4.79 Å². The highest BCUT2D eigenvalue weighted by Crippen LogP contribution is 2.18. The fraction of sp³-hybridized carbons (Fsp3) is 0.316. The van der Waals surface area contributed by atoms with Gasteiger partial charge in [0.15, 0.2) is 18.1 Å². The van der Waals surface area contributed by atoms with Crippen molar-refractivity contribution in [2.75, 3.05) is 18.6 Å². The number of benzene rings is 1. The Morgan fingerprint density at radius 1 is 1.27 bits per heavy atom. The molecule has 3 aromatic rings. The molecule has 0 aliphatic rings. The SMILES string of the molecule is CSCCC(NC(=O)COc1cccc(C)c1)c1nnc2ccccn12. The number of fused-ring (bicyclic) bond motifs is 1. The van der Waals surface area contributed by atoms with Gasteiger partial charge < -0.3 is 10.1 Å². The van der Waals surface area contributed by atoms with Crippen molar-refractivity contribution in [2.45, 2.75) is 19.4 Å². The van der Waals surface area contributed by atoms with Crippen LogP contribution in [0.5, 0.6) is 5.75 Å². The van der Waals surface area contributed by atoms with Crippen molar-refractivity contribution in [3.05, 3.63) is 60.0 Å². The molecule has 26 heavy (non-hydrogen) atoms. The molecule has 2 heterocycles. The second-order valence-electron chi connectivity index (χ2n) is 5.99. The number of aromatic nitrogens is 3. The average Bonchev–Trinajstić information content (AvgIpc) is 3.07. The van der Waals surface area contributed by atoms with Crippen LogP contribution in [0.1, 0.15) is 23.9 Å². The van der Waals surface area contributed by atoms with Gasteiger partial charge in [-0.1, -0.05) is 18.2 Å². The summed E-state index contributed by atoms with van der Waals surface area (Å²) in [4.78, 5) is 12.4. The fourth-order valence-corrected chi connectivity index (χ4v) is 3.16. The maximum Gasteiger partial charge on any atom is 0.258 e. The summed E-state index contributed by atoms with van der Waals surface area (Å²) in [5, 5.41) is 11.5. The Morgan fingerprint density at radius 3 is 2.96 bits per heavy atom. The highest BCUT2D eigenvalue weighted by atomic mass is 32.2. The van der Waals surface area contributed by atoms with E-state index in [0.717, 1.165) is 29.2 Å². The van der Waals surface area contributed by atoms with Crippen LogP contribution in [0, 0.1) is 6.92 Å². The van der Waals surface area contributed by atoms with E-state index < -0.39 is 0 Å². The van der Waals surface area contributed by atoms with E-state index in [1.807, 2.05) is 66.2 Å². The van der Waals surface area contributed by atoms with Crippen LogP contribution in [-0.2, 0) is 4.79 Å². The van der Waals surface area contributed by atoms with Gasteiger partial charge in [0.1, 0.15) is 5.75 Å². The number of carbonyl (C=O) groups is 1. The number of rotatable bonds is 8. The van der Waals surface area contributed by atoms with Crippen LogP contribution in [0.2, 0.25) is 0 Å². The molecule has 1 N–H and O–H groups in total. The van der Waals surface area contributed by atoms with Crippen molar-refractivity contribution in [3.8, 4) is 5.75 Å². The van der Waals surface area contributed by atoms with Crippen LogP contribution < -0.4 is 10.1 Å². The van der Waals surface area contributed by atoms with E-state index in [1.165, 1.54) is 0 Å². The van der Waals surface area contributed by atoms with Gasteiger partial charge in [0.25, 0.3) is 5.91 Å². The van der Waals surface area contributed by atoms with Crippen LogP contribution in [-0.4, -0.2) is 39.1 Å². The number of carbonyl (C=O) groups excluding carboxylic acids is 1. The first kappa shape index (κ1) is 18.3. The quantitative estimate of drug-likeness (QED) is 0.660. The molecule has 1 unspecified atom stereocenters. The fourth-order valence-electron chi connectivity index (χ4n) is 2.69.